The Labute approximate surface area is 166 Å². The molecule has 1 N–H and O–H groups in total. The standard InChI is InChI=1S/C19H31N5O2S/c1-26-13-9-20-18(25)15-4-3-10-24(14-15)16-6-11-23(12-7-16)17-5-8-21-19(22-17)27-2/h5,8,15-16H,3-4,6-7,9-14H2,1-2H3,(H,20,25). The minimum absolute atomic E-state index is 0.111. The molecule has 1 aromatic rings. The van der Waals surface area contributed by atoms with E-state index in [1.807, 2.05) is 18.5 Å². The van der Waals surface area contributed by atoms with Gasteiger partial charge in [-0.25, -0.2) is 9.97 Å². The smallest absolute Gasteiger partial charge is 0.224 e. The monoisotopic (exact) mass is 393 g/mol. The number of piperidine rings is 2. The van der Waals surface area contributed by atoms with E-state index in [4.69, 9.17) is 4.74 Å². The first kappa shape index (κ1) is 20.4. The van der Waals surface area contributed by atoms with E-state index < -0.39 is 0 Å². The molecule has 0 bridgehead atoms. The highest BCUT2D eigenvalue weighted by atomic mass is 32.2. The zero-order valence-corrected chi connectivity index (χ0v) is 17.2. The van der Waals surface area contributed by atoms with Crippen molar-refractivity contribution in [2.24, 2.45) is 5.92 Å². The van der Waals surface area contributed by atoms with Crippen molar-refractivity contribution in [2.45, 2.75) is 36.9 Å². The molecule has 2 aliphatic heterocycles. The molecule has 7 nitrogen and oxygen atoms in total. The molecule has 8 heteroatoms. The zero-order valence-electron chi connectivity index (χ0n) is 16.4. The van der Waals surface area contributed by atoms with Crippen LogP contribution < -0.4 is 10.2 Å². The molecule has 3 heterocycles. The van der Waals surface area contributed by atoms with Crippen LogP contribution in [0.1, 0.15) is 25.7 Å². The first-order valence-electron chi connectivity index (χ1n) is 9.84. The van der Waals surface area contributed by atoms with Gasteiger partial charge in [0.2, 0.25) is 5.91 Å². The highest BCUT2D eigenvalue weighted by Crippen LogP contribution is 2.26. The Morgan fingerprint density at radius 1 is 1.33 bits per heavy atom. The molecular weight excluding hydrogens is 362 g/mol. The van der Waals surface area contributed by atoms with Crippen molar-refractivity contribution in [3.8, 4) is 0 Å². The van der Waals surface area contributed by atoms with E-state index in [1.165, 1.54) is 0 Å². The summed E-state index contributed by atoms with van der Waals surface area (Å²) >= 11 is 1.58. The lowest BCUT2D eigenvalue weighted by Crippen LogP contribution is -2.51. The molecule has 2 saturated heterocycles. The van der Waals surface area contributed by atoms with Crippen LogP contribution in [0.4, 0.5) is 5.82 Å². The number of likely N-dealkylation sites (tertiary alicyclic amines) is 1. The molecule has 150 valence electrons. The SMILES string of the molecule is COCCNC(=O)C1CCCN(C2CCN(c3ccnc(SC)n3)CC2)C1. The second kappa shape index (κ2) is 10.2. The minimum atomic E-state index is 0.111. The summed E-state index contributed by atoms with van der Waals surface area (Å²) in [6.07, 6.45) is 8.19. The van der Waals surface area contributed by atoms with Gasteiger partial charge in [0.1, 0.15) is 5.82 Å². The number of hydrogen-bond acceptors (Lipinski definition) is 7. The van der Waals surface area contributed by atoms with Crippen molar-refractivity contribution in [1.82, 2.24) is 20.2 Å². The number of methoxy groups -OCH3 is 1. The summed E-state index contributed by atoms with van der Waals surface area (Å²) in [7, 11) is 1.66. The number of ether oxygens (including phenoxy) is 1. The van der Waals surface area contributed by atoms with E-state index in [0.717, 1.165) is 62.8 Å². The molecule has 2 aliphatic rings. The largest absolute Gasteiger partial charge is 0.383 e. The van der Waals surface area contributed by atoms with Crippen LogP contribution in [0.5, 0.6) is 0 Å². The van der Waals surface area contributed by atoms with Crippen LogP contribution >= 0.6 is 11.8 Å². The third-order valence-electron chi connectivity index (χ3n) is 5.54. The molecule has 0 aromatic carbocycles. The van der Waals surface area contributed by atoms with Gasteiger partial charge in [-0.3, -0.25) is 9.69 Å². The van der Waals surface area contributed by atoms with Crippen LogP contribution in [0, 0.1) is 5.92 Å². The number of hydrogen-bond donors (Lipinski definition) is 1. The number of rotatable bonds is 7. The Morgan fingerprint density at radius 3 is 2.89 bits per heavy atom. The maximum atomic E-state index is 12.4. The number of thioether (sulfide) groups is 1. The first-order chi connectivity index (χ1) is 13.2. The first-order valence-corrected chi connectivity index (χ1v) is 11.1. The fourth-order valence-corrected chi connectivity index (χ4v) is 4.39. The van der Waals surface area contributed by atoms with Gasteiger partial charge in [0.15, 0.2) is 5.16 Å². The molecule has 1 atom stereocenters. The van der Waals surface area contributed by atoms with E-state index in [1.54, 1.807) is 18.9 Å². The topological polar surface area (TPSA) is 70.6 Å². The van der Waals surface area contributed by atoms with Gasteiger partial charge in [-0.05, 0) is 44.6 Å². The highest BCUT2D eigenvalue weighted by Gasteiger charge is 2.31. The molecular formula is C19H31N5O2S. The van der Waals surface area contributed by atoms with Gasteiger partial charge in [-0.15, -0.1) is 0 Å². The van der Waals surface area contributed by atoms with E-state index in [9.17, 15) is 4.79 Å². The average Bonchev–Trinajstić information content (AvgIpc) is 2.74. The van der Waals surface area contributed by atoms with Crippen molar-refractivity contribution >= 4 is 23.5 Å². The Morgan fingerprint density at radius 2 is 2.15 bits per heavy atom. The molecule has 27 heavy (non-hydrogen) atoms. The summed E-state index contributed by atoms with van der Waals surface area (Å²) in [5.74, 6) is 1.32. The van der Waals surface area contributed by atoms with Crippen LogP contribution in [0.3, 0.4) is 0 Å². The molecule has 1 amide bonds. The molecule has 1 unspecified atom stereocenters. The van der Waals surface area contributed by atoms with Crippen LogP contribution in [0.15, 0.2) is 17.4 Å². The molecule has 0 radical (unpaired) electrons. The van der Waals surface area contributed by atoms with Gasteiger partial charge in [0.25, 0.3) is 0 Å². The summed E-state index contributed by atoms with van der Waals surface area (Å²) in [5.41, 5.74) is 0. The van der Waals surface area contributed by atoms with Gasteiger partial charge in [0, 0.05) is 45.5 Å². The van der Waals surface area contributed by atoms with Crippen molar-refractivity contribution in [1.29, 1.82) is 0 Å². The number of carbonyl (C=O) groups is 1. The highest BCUT2D eigenvalue weighted by molar-refractivity contribution is 7.98. The van der Waals surface area contributed by atoms with Crippen molar-refractivity contribution in [2.75, 3.05) is 57.6 Å². The quantitative estimate of drug-likeness (QED) is 0.429. The van der Waals surface area contributed by atoms with Crippen LogP contribution in [-0.4, -0.2) is 79.5 Å². The summed E-state index contributed by atoms with van der Waals surface area (Å²) in [4.78, 5) is 26.2. The number of aromatic nitrogens is 2. The maximum absolute atomic E-state index is 12.4. The van der Waals surface area contributed by atoms with Crippen molar-refractivity contribution < 1.29 is 9.53 Å². The maximum Gasteiger partial charge on any atom is 0.224 e. The number of anilines is 1. The van der Waals surface area contributed by atoms with Gasteiger partial charge in [0.05, 0.1) is 12.5 Å². The molecule has 2 fully saturated rings. The van der Waals surface area contributed by atoms with E-state index in [0.29, 0.717) is 19.2 Å². The fraction of sp³-hybridized carbons (Fsp3) is 0.737. The Bertz CT molecular complexity index is 610. The lowest BCUT2D eigenvalue weighted by atomic mass is 9.93. The van der Waals surface area contributed by atoms with Crippen LogP contribution in [0.2, 0.25) is 0 Å². The van der Waals surface area contributed by atoms with Crippen LogP contribution in [0.25, 0.3) is 0 Å². The van der Waals surface area contributed by atoms with Crippen LogP contribution in [-0.2, 0) is 9.53 Å². The third kappa shape index (κ3) is 5.56. The number of nitrogens with zero attached hydrogens (tertiary/aromatic N) is 4. The predicted octanol–water partition coefficient (Wildman–Crippen LogP) is 1.64. The summed E-state index contributed by atoms with van der Waals surface area (Å²) in [6, 6.07) is 2.57. The average molecular weight is 394 g/mol. The summed E-state index contributed by atoms with van der Waals surface area (Å²) in [5, 5.41) is 3.83. The summed E-state index contributed by atoms with van der Waals surface area (Å²) < 4.78 is 5.02. The fourth-order valence-electron chi connectivity index (χ4n) is 4.04. The predicted molar refractivity (Wildman–Crippen MR) is 108 cm³/mol. The number of carbonyl (C=O) groups excluding carboxylic acids is 1. The Balaban J connectivity index is 1.49. The Hall–Kier alpha value is -1.38. The minimum Gasteiger partial charge on any atom is -0.383 e. The zero-order chi connectivity index (χ0) is 19.1. The van der Waals surface area contributed by atoms with Gasteiger partial charge in [-0.2, -0.15) is 0 Å². The molecule has 0 aliphatic carbocycles. The molecule has 3 rings (SSSR count). The van der Waals surface area contributed by atoms with E-state index in [-0.39, 0.29) is 11.8 Å². The second-order valence-electron chi connectivity index (χ2n) is 7.24. The van der Waals surface area contributed by atoms with Gasteiger partial charge < -0.3 is 15.0 Å². The van der Waals surface area contributed by atoms with E-state index in [2.05, 4.69) is 25.1 Å². The van der Waals surface area contributed by atoms with Gasteiger partial charge >= 0.3 is 0 Å². The second-order valence-corrected chi connectivity index (χ2v) is 8.01. The third-order valence-corrected chi connectivity index (χ3v) is 6.10. The normalized spacial score (nSPS) is 22.0. The molecule has 1 aromatic heterocycles. The molecule has 0 saturated carbocycles. The van der Waals surface area contributed by atoms with Crippen molar-refractivity contribution in [3.05, 3.63) is 12.3 Å². The Kier molecular flexibility index (Phi) is 7.72. The number of nitrogens with one attached hydrogen (secondary N) is 1. The lowest BCUT2D eigenvalue weighted by Gasteiger charge is -2.42. The van der Waals surface area contributed by atoms with E-state index >= 15 is 0 Å². The van der Waals surface area contributed by atoms with Crippen molar-refractivity contribution in [3.63, 3.8) is 0 Å². The van der Waals surface area contributed by atoms with Gasteiger partial charge in [-0.1, -0.05) is 11.8 Å². The number of amides is 1. The summed E-state index contributed by atoms with van der Waals surface area (Å²) in [6.45, 7) is 5.18. The lowest BCUT2D eigenvalue weighted by molar-refractivity contribution is -0.127. The molecule has 0 spiro atoms.